The van der Waals surface area contributed by atoms with E-state index in [1.54, 1.807) is 42.5 Å². The summed E-state index contributed by atoms with van der Waals surface area (Å²) >= 11 is 0. The van der Waals surface area contributed by atoms with Gasteiger partial charge in [0.25, 0.3) is 0 Å². The van der Waals surface area contributed by atoms with E-state index in [0.717, 1.165) is 0 Å². The fourth-order valence-electron chi connectivity index (χ4n) is 2.35. The zero-order valence-electron chi connectivity index (χ0n) is 12.3. The first-order valence-electron chi connectivity index (χ1n) is 7.12. The molecule has 0 atom stereocenters. The van der Waals surface area contributed by atoms with Gasteiger partial charge in [-0.1, -0.05) is 24.1 Å². The Balaban J connectivity index is 1.70. The molecule has 1 N–H and O–H groups in total. The molecule has 1 heterocycles. The van der Waals surface area contributed by atoms with Crippen LogP contribution < -0.4 is 11.1 Å². The summed E-state index contributed by atoms with van der Waals surface area (Å²) in [6, 6.07) is 14.2. The van der Waals surface area contributed by atoms with E-state index in [2.05, 4.69) is 11.2 Å². The van der Waals surface area contributed by atoms with Crippen molar-refractivity contribution in [3.63, 3.8) is 0 Å². The van der Waals surface area contributed by atoms with Crippen LogP contribution in [0.1, 0.15) is 12.0 Å². The van der Waals surface area contributed by atoms with Crippen molar-refractivity contribution in [2.24, 2.45) is 0 Å². The van der Waals surface area contributed by atoms with Crippen molar-refractivity contribution < 1.29 is 9.21 Å². The topological polar surface area (TPSA) is 64.2 Å². The molecule has 0 spiro atoms. The number of fused-ring (bicyclic) bond motifs is 1. The number of oxazole rings is 1. The highest BCUT2D eigenvalue weighted by molar-refractivity contribution is 5.90. The van der Waals surface area contributed by atoms with Crippen LogP contribution in [0.2, 0.25) is 0 Å². The summed E-state index contributed by atoms with van der Waals surface area (Å²) in [5.74, 6) is 1.85. The molecule has 23 heavy (non-hydrogen) atoms. The molecule has 5 nitrogen and oxygen atoms in total. The Morgan fingerprint density at radius 1 is 1.22 bits per heavy atom. The van der Waals surface area contributed by atoms with Gasteiger partial charge in [-0.2, -0.15) is 0 Å². The van der Waals surface area contributed by atoms with Gasteiger partial charge in [-0.3, -0.25) is 9.36 Å². The molecule has 1 aromatic heterocycles. The van der Waals surface area contributed by atoms with Gasteiger partial charge in [0.05, 0.1) is 5.52 Å². The smallest absolute Gasteiger partial charge is 0.408 e. The van der Waals surface area contributed by atoms with Crippen molar-refractivity contribution >= 4 is 22.7 Å². The molecule has 0 unspecified atom stereocenters. The molecule has 3 aromatic rings. The monoisotopic (exact) mass is 306 g/mol. The highest BCUT2D eigenvalue weighted by atomic mass is 16.4. The third-order valence-corrected chi connectivity index (χ3v) is 3.45. The van der Waals surface area contributed by atoms with Gasteiger partial charge in [-0.15, -0.1) is 6.42 Å². The lowest BCUT2D eigenvalue weighted by Gasteiger charge is -2.06. The molecule has 0 aliphatic rings. The maximum Gasteiger partial charge on any atom is 0.419 e. The Bertz CT molecular complexity index is 960. The summed E-state index contributed by atoms with van der Waals surface area (Å²) in [7, 11) is 0. The van der Waals surface area contributed by atoms with E-state index < -0.39 is 5.76 Å². The summed E-state index contributed by atoms with van der Waals surface area (Å²) in [6.45, 7) is 0.247. The lowest BCUT2D eigenvalue weighted by Crippen LogP contribution is -2.19. The van der Waals surface area contributed by atoms with Crippen LogP contribution in [0.15, 0.2) is 57.7 Å². The number of para-hydroxylation sites is 2. The van der Waals surface area contributed by atoms with Crippen molar-refractivity contribution in [2.45, 2.75) is 13.0 Å². The number of nitrogens with one attached hydrogen (secondary N) is 1. The van der Waals surface area contributed by atoms with E-state index in [1.807, 2.05) is 6.07 Å². The van der Waals surface area contributed by atoms with E-state index in [-0.39, 0.29) is 18.9 Å². The maximum atomic E-state index is 12.0. The second kappa shape index (κ2) is 6.24. The zero-order chi connectivity index (χ0) is 16.2. The Morgan fingerprint density at radius 2 is 2.04 bits per heavy atom. The van der Waals surface area contributed by atoms with Crippen LogP contribution >= 0.6 is 0 Å². The van der Waals surface area contributed by atoms with Gasteiger partial charge >= 0.3 is 5.76 Å². The number of hydrogen-bond acceptors (Lipinski definition) is 3. The number of carbonyl (C=O) groups excluding carboxylic acids is 1. The van der Waals surface area contributed by atoms with Gasteiger partial charge in [0.15, 0.2) is 5.58 Å². The first kappa shape index (κ1) is 14.7. The van der Waals surface area contributed by atoms with E-state index in [1.165, 1.54) is 4.57 Å². The minimum Gasteiger partial charge on any atom is -0.408 e. The van der Waals surface area contributed by atoms with Crippen LogP contribution in [0.3, 0.4) is 0 Å². The number of nitrogens with zero attached hydrogens (tertiary/aromatic N) is 1. The maximum absolute atomic E-state index is 12.0. The molecule has 114 valence electrons. The summed E-state index contributed by atoms with van der Waals surface area (Å²) < 4.78 is 6.58. The fourth-order valence-corrected chi connectivity index (χ4v) is 2.35. The molecule has 0 fully saturated rings. The summed E-state index contributed by atoms with van der Waals surface area (Å²) in [5.41, 5.74) is 2.52. The third-order valence-electron chi connectivity index (χ3n) is 3.45. The molecular formula is C18H14N2O3. The molecule has 1 amide bonds. The third kappa shape index (κ3) is 3.16. The Hall–Kier alpha value is -3.26. The lowest BCUT2D eigenvalue weighted by molar-refractivity contribution is -0.116. The molecule has 2 aromatic carbocycles. The average molecular weight is 306 g/mol. The van der Waals surface area contributed by atoms with Crippen LogP contribution in [0.4, 0.5) is 5.69 Å². The first-order valence-corrected chi connectivity index (χ1v) is 7.12. The van der Waals surface area contributed by atoms with E-state index in [0.29, 0.717) is 22.4 Å². The average Bonchev–Trinajstić information content (AvgIpc) is 2.88. The highest BCUT2D eigenvalue weighted by Crippen LogP contribution is 2.13. The number of rotatable bonds is 4. The second-order valence-electron chi connectivity index (χ2n) is 5.01. The molecular weight excluding hydrogens is 292 g/mol. The highest BCUT2D eigenvalue weighted by Gasteiger charge is 2.10. The van der Waals surface area contributed by atoms with E-state index >= 15 is 0 Å². The van der Waals surface area contributed by atoms with Gasteiger partial charge in [-0.25, -0.2) is 4.79 Å². The number of amides is 1. The van der Waals surface area contributed by atoms with Crippen molar-refractivity contribution in [3.8, 4) is 12.3 Å². The van der Waals surface area contributed by atoms with Crippen LogP contribution in [0, 0.1) is 12.3 Å². The number of terminal acetylenes is 1. The van der Waals surface area contributed by atoms with Crippen LogP contribution in [0.25, 0.3) is 11.1 Å². The molecule has 3 rings (SSSR count). The van der Waals surface area contributed by atoms with E-state index in [4.69, 9.17) is 10.8 Å². The van der Waals surface area contributed by atoms with Gasteiger partial charge < -0.3 is 9.73 Å². The molecule has 0 radical (unpaired) electrons. The predicted octanol–water partition coefficient (Wildman–Crippen LogP) is 2.60. The first-order chi connectivity index (χ1) is 11.2. The van der Waals surface area contributed by atoms with Gasteiger partial charge in [-0.05, 0) is 30.3 Å². The number of hydrogen-bond donors (Lipinski definition) is 1. The minimum atomic E-state index is -0.465. The molecule has 0 aliphatic heterocycles. The number of carbonyl (C=O) groups is 1. The minimum absolute atomic E-state index is 0.156. The van der Waals surface area contributed by atoms with Crippen molar-refractivity contribution in [2.75, 3.05) is 5.32 Å². The van der Waals surface area contributed by atoms with Gasteiger partial charge in [0.1, 0.15) is 0 Å². The summed E-state index contributed by atoms with van der Waals surface area (Å²) in [6.07, 6.45) is 5.49. The molecule has 0 aliphatic carbocycles. The van der Waals surface area contributed by atoms with Crippen molar-refractivity contribution in [1.82, 2.24) is 4.57 Å². The SMILES string of the molecule is C#Cc1cccc(NC(=O)CCn2c(=O)oc3ccccc32)c1. The number of benzene rings is 2. The molecule has 5 heteroatoms. The van der Waals surface area contributed by atoms with Gasteiger partial charge in [0, 0.05) is 24.2 Å². The largest absolute Gasteiger partial charge is 0.419 e. The Morgan fingerprint density at radius 3 is 2.87 bits per heavy atom. The Labute approximate surface area is 132 Å². The van der Waals surface area contributed by atoms with Crippen molar-refractivity contribution in [3.05, 3.63) is 64.6 Å². The normalized spacial score (nSPS) is 10.4. The predicted molar refractivity (Wildman–Crippen MR) is 88.1 cm³/mol. The second-order valence-corrected chi connectivity index (χ2v) is 5.01. The van der Waals surface area contributed by atoms with Crippen LogP contribution in [-0.4, -0.2) is 10.5 Å². The quantitative estimate of drug-likeness (QED) is 0.754. The number of anilines is 1. The number of aromatic nitrogens is 1. The lowest BCUT2D eigenvalue weighted by atomic mass is 10.2. The zero-order valence-corrected chi connectivity index (χ0v) is 12.3. The summed E-state index contributed by atoms with van der Waals surface area (Å²) in [4.78, 5) is 23.9. The Kier molecular flexibility index (Phi) is 3.98. The van der Waals surface area contributed by atoms with E-state index in [9.17, 15) is 9.59 Å². The fraction of sp³-hybridized carbons (Fsp3) is 0.111. The molecule has 0 saturated carbocycles. The summed E-state index contributed by atoms with van der Waals surface area (Å²) in [5, 5.41) is 2.77. The molecule has 0 bridgehead atoms. The van der Waals surface area contributed by atoms with Gasteiger partial charge in [0.2, 0.25) is 5.91 Å². The van der Waals surface area contributed by atoms with Crippen molar-refractivity contribution in [1.29, 1.82) is 0 Å². The standard InChI is InChI=1S/C18H14N2O3/c1-2-13-6-5-7-14(12-13)19-17(21)10-11-20-15-8-3-4-9-16(15)23-18(20)22/h1,3-9,12H,10-11H2,(H,19,21). The van der Waals surface area contributed by atoms with Crippen LogP contribution in [-0.2, 0) is 11.3 Å². The number of aryl methyl sites for hydroxylation is 1. The molecule has 0 saturated heterocycles. The van der Waals surface area contributed by atoms with Crippen LogP contribution in [0.5, 0.6) is 0 Å².